The average Bonchev–Trinajstić information content (AvgIpc) is 3.07. The van der Waals surface area contributed by atoms with Gasteiger partial charge in [-0.05, 0) is 18.6 Å². The van der Waals surface area contributed by atoms with E-state index in [1.807, 2.05) is 19.1 Å². The van der Waals surface area contributed by atoms with E-state index in [1.165, 1.54) is 0 Å². The molecule has 0 atom stereocenters. The number of carbonyl (C=O) groups is 2. The molecule has 140 valence electrons. The lowest BCUT2D eigenvalue weighted by Gasteiger charge is -2.26. The van der Waals surface area contributed by atoms with Crippen molar-refractivity contribution in [3.63, 3.8) is 0 Å². The fourth-order valence-electron chi connectivity index (χ4n) is 2.92. The highest BCUT2D eigenvalue weighted by atomic mass is 16.5. The molecule has 26 heavy (non-hydrogen) atoms. The molecule has 0 aromatic carbocycles. The van der Waals surface area contributed by atoms with Gasteiger partial charge in [0.15, 0.2) is 5.69 Å². The molecular formula is C18H25N5O3. The predicted molar refractivity (Wildman–Crippen MR) is 97.4 cm³/mol. The highest BCUT2D eigenvalue weighted by Crippen LogP contribution is 2.13. The lowest BCUT2D eigenvalue weighted by Crippen LogP contribution is -2.41. The van der Waals surface area contributed by atoms with Crippen molar-refractivity contribution in [1.82, 2.24) is 24.9 Å². The van der Waals surface area contributed by atoms with E-state index >= 15 is 0 Å². The number of rotatable bonds is 7. The molecule has 0 saturated carbocycles. The quantitative estimate of drug-likeness (QED) is 0.753. The summed E-state index contributed by atoms with van der Waals surface area (Å²) < 4.78 is 6.97. The number of imidazole rings is 1. The molecule has 1 aliphatic heterocycles. The van der Waals surface area contributed by atoms with Gasteiger partial charge < -0.3 is 15.4 Å². The summed E-state index contributed by atoms with van der Waals surface area (Å²) in [6.07, 6.45) is 2.58. The first-order valence-electron chi connectivity index (χ1n) is 9.04. The first kappa shape index (κ1) is 18.3. The Kier molecular flexibility index (Phi) is 6.19. The van der Waals surface area contributed by atoms with Crippen molar-refractivity contribution < 1.29 is 14.3 Å². The number of nitrogens with zero attached hydrogens (tertiary/aromatic N) is 3. The largest absolute Gasteiger partial charge is 0.379 e. The van der Waals surface area contributed by atoms with Crippen LogP contribution in [-0.2, 0) is 4.74 Å². The molecule has 3 heterocycles. The fraction of sp³-hybridized carbons (Fsp3) is 0.500. The maximum atomic E-state index is 12.6. The van der Waals surface area contributed by atoms with Gasteiger partial charge in [-0.1, -0.05) is 13.0 Å². The molecule has 3 rings (SSSR count). The number of amides is 2. The second kappa shape index (κ2) is 8.77. The molecule has 2 amide bonds. The average molecular weight is 359 g/mol. The zero-order valence-electron chi connectivity index (χ0n) is 15.0. The Labute approximate surface area is 152 Å². The Morgan fingerprint density at radius 2 is 1.92 bits per heavy atom. The van der Waals surface area contributed by atoms with Crippen molar-refractivity contribution >= 4 is 17.3 Å². The van der Waals surface area contributed by atoms with Crippen molar-refractivity contribution in [2.75, 3.05) is 45.9 Å². The molecule has 1 aliphatic rings. The molecule has 0 bridgehead atoms. The van der Waals surface area contributed by atoms with Crippen LogP contribution in [0.2, 0.25) is 0 Å². The van der Waals surface area contributed by atoms with Gasteiger partial charge in [0.1, 0.15) is 0 Å². The Hall–Kier alpha value is -2.45. The van der Waals surface area contributed by atoms with Gasteiger partial charge >= 0.3 is 0 Å². The van der Waals surface area contributed by atoms with E-state index in [4.69, 9.17) is 4.74 Å². The maximum Gasteiger partial charge on any atom is 0.287 e. The van der Waals surface area contributed by atoms with Crippen LogP contribution in [0.25, 0.3) is 5.52 Å². The zero-order chi connectivity index (χ0) is 18.4. The summed E-state index contributed by atoms with van der Waals surface area (Å²) in [4.78, 5) is 31.5. The highest BCUT2D eigenvalue weighted by Gasteiger charge is 2.21. The number of nitrogens with one attached hydrogen (secondary N) is 2. The minimum absolute atomic E-state index is 0.229. The number of pyridine rings is 1. The first-order chi connectivity index (χ1) is 12.7. The van der Waals surface area contributed by atoms with E-state index < -0.39 is 0 Å². The SMILES string of the molecule is CCCNC(=O)c1nc(C(=O)NCCN2CCOCC2)c2ccccn12. The van der Waals surface area contributed by atoms with E-state index in [2.05, 4.69) is 20.5 Å². The summed E-state index contributed by atoms with van der Waals surface area (Å²) in [6.45, 7) is 7.08. The Bertz CT molecular complexity index is 767. The van der Waals surface area contributed by atoms with Crippen molar-refractivity contribution in [3.05, 3.63) is 35.9 Å². The predicted octanol–water partition coefficient (Wildman–Crippen LogP) is 0.536. The third-order valence-electron chi connectivity index (χ3n) is 4.32. The molecule has 1 saturated heterocycles. The summed E-state index contributed by atoms with van der Waals surface area (Å²) in [5.74, 6) is -0.315. The third kappa shape index (κ3) is 4.20. The van der Waals surface area contributed by atoms with E-state index in [-0.39, 0.29) is 23.3 Å². The summed E-state index contributed by atoms with van der Waals surface area (Å²) in [5.41, 5.74) is 0.896. The van der Waals surface area contributed by atoms with Crippen molar-refractivity contribution in [2.24, 2.45) is 0 Å². The van der Waals surface area contributed by atoms with Crippen LogP contribution in [0.15, 0.2) is 24.4 Å². The van der Waals surface area contributed by atoms with Crippen LogP contribution >= 0.6 is 0 Å². The molecular weight excluding hydrogens is 334 g/mol. The monoisotopic (exact) mass is 359 g/mol. The van der Waals surface area contributed by atoms with Crippen LogP contribution in [0.3, 0.4) is 0 Å². The van der Waals surface area contributed by atoms with Gasteiger partial charge in [0.25, 0.3) is 11.8 Å². The third-order valence-corrected chi connectivity index (χ3v) is 4.32. The number of hydrogen-bond donors (Lipinski definition) is 2. The fourth-order valence-corrected chi connectivity index (χ4v) is 2.92. The van der Waals surface area contributed by atoms with Crippen molar-refractivity contribution in [1.29, 1.82) is 0 Å². The van der Waals surface area contributed by atoms with Gasteiger partial charge in [-0.3, -0.25) is 18.9 Å². The molecule has 2 aromatic heterocycles. The van der Waals surface area contributed by atoms with Gasteiger partial charge in [-0.2, -0.15) is 0 Å². The molecule has 2 N–H and O–H groups in total. The van der Waals surface area contributed by atoms with E-state index in [1.54, 1.807) is 16.7 Å². The minimum Gasteiger partial charge on any atom is -0.379 e. The molecule has 0 unspecified atom stereocenters. The second-order valence-electron chi connectivity index (χ2n) is 6.21. The number of aromatic nitrogens is 2. The summed E-state index contributed by atoms with van der Waals surface area (Å²) >= 11 is 0. The molecule has 0 radical (unpaired) electrons. The molecule has 0 aliphatic carbocycles. The van der Waals surface area contributed by atoms with Crippen LogP contribution in [-0.4, -0.2) is 72.0 Å². The second-order valence-corrected chi connectivity index (χ2v) is 6.21. The van der Waals surface area contributed by atoms with Crippen LogP contribution in [0, 0.1) is 0 Å². The maximum absolute atomic E-state index is 12.6. The number of ether oxygens (including phenoxy) is 1. The van der Waals surface area contributed by atoms with Crippen molar-refractivity contribution in [2.45, 2.75) is 13.3 Å². The first-order valence-corrected chi connectivity index (χ1v) is 9.04. The Balaban J connectivity index is 1.70. The smallest absolute Gasteiger partial charge is 0.287 e. The van der Waals surface area contributed by atoms with Crippen LogP contribution in [0.4, 0.5) is 0 Å². The Morgan fingerprint density at radius 1 is 1.15 bits per heavy atom. The van der Waals surface area contributed by atoms with E-state index in [9.17, 15) is 9.59 Å². The van der Waals surface area contributed by atoms with Gasteiger partial charge in [-0.25, -0.2) is 4.98 Å². The summed E-state index contributed by atoms with van der Waals surface area (Å²) in [5, 5.41) is 5.71. The van der Waals surface area contributed by atoms with Crippen LogP contribution in [0.5, 0.6) is 0 Å². The molecule has 0 spiro atoms. The molecule has 8 nitrogen and oxygen atoms in total. The highest BCUT2D eigenvalue weighted by molar-refractivity contribution is 6.02. The topological polar surface area (TPSA) is 88.0 Å². The van der Waals surface area contributed by atoms with Gasteiger partial charge in [-0.15, -0.1) is 0 Å². The summed E-state index contributed by atoms with van der Waals surface area (Å²) in [7, 11) is 0. The Morgan fingerprint density at radius 3 is 2.69 bits per heavy atom. The van der Waals surface area contributed by atoms with Gasteiger partial charge in [0, 0.05) is 38.9 Å². The van der Waals surface area contributed by atoms with E-state index in [0.29, 0.717) is 18.6 Å². The van der Waals surface area contributed by atoms with Gasteiger partial charge in [0.2, 0.25) is 5.82 Å². The van der Waals surface area contributed by atoms with Crippen LogP contribution < -0.4 is 10.6 Å². The lowest BCUT2D eigenvalue weighted by molar-refractivity contribution is 0.0383. The molecule has 1 fully saturated rings. The number of fused-ring (bicyclic) bond motifs is 1. The zero-order valence-corrected chi connectivity index (χ0v) is 15.0. The number of hydrogen-bond acceptors (Lipinski definition) is 5. The summed E-state index contributed by atoms with van der Waals surface area (Å²) in [6, 6.07) is 5.43. The minimum atomic E-state index is -0.277. The molecule has 8 heteroatoms. The molecule has 2 aromatic rings. The number of carbonyl (C=O) groups excluding carboxylic acids is 2. The van der Waals surface area contributed by atoms with E-state index in [0.717, 1.165) is 39.3 Å². The van der Waals surface area contributed by atoms with Gasteiger partial charge in [0.05, 0.1) is 18.7 Å². The van der Waals surface area contributed by atoms with Crippen LogP contribution in [0.1, 0.15) is 34.5 Å². The van der Waals surface area contributed by atoms with Crippen molar-refractivity contribution in [3.8, 4) is 0 Å². The number of morpholine rings is 1. The standard InChI is InChI=1S/C18H25N5O3/c1-2-6-19-18(25)16-21-15(14-5-3-4-8-23(14)16)17(24)20-7-9-22-10-12-26-13-11-22/h3-5,8H,2,6-7,9-13H2,1H3,(H,19,25)(H,20,24). The normalized spacial score (nSPS) is 15.1. The lowest BCUT2D eigenvalue weighted by atomic mass is 10.3.